The summed E-state index contributed by atoms with van der Waals surface area (Å²) < 4.78 is 0. The molecule has 0 fully saturated rings. The smallest absolute Gasteiger partial charge is 0.00693 e. The third-order valence-corrected chi connectivity index (χ3v) is 3.36. The number of nitrogens with one attached hydrogen (secondary N) is 1. The molecular formula is C17H29N. The number of aryl methyl sites for hydroxylation is 1. The summed E-state index contributed by atoms with van der Waals surface area (Å²) >= 11 is 0. The second kappa shape index (κ2) is 9.16. The molecule has 0 aliphatic heterocycles. The maximum atomic E-state index is 3.61. The molecule has 1 unspecified atom stereocenters. The van der Waals surface area contributed by atoms with Crippen molar-refractivity contribution in [1.82, 2.24) is 5.32 Å². The minimum absolute atomic E-state index is 0.714. The SMILES string of the molecule is CCNC(CCCCc1ccccc1)CC(C)C. The monoisotopic (exact) mass is 247 g/mol. The lowest BCUT2D eigenvalue weighted by Gasteiger charge is -2.19. The molecule has 0 aliphatic rings. The number of unbranched alkanes of at least 4 members (excludes halogenated alkanes) is 1. The van der Waals surface area contributed by atoms with Crippen LogP contribution in [0.5, 0.6) is 0 Å². The minimum Gasteiger partial charge on any atom is -0.314 e. The Kier molecular flexibility index (Phi) is 7.75. The zero-order chi connectivity index (χ0) is 13.2. The highest BCUT2D eigenvalue weighted by atomic mass is 14.9. The van der Waals surface area contributed by atoms with Crippen molar-refractivity contribution in [2.24, 2.45) is 5.92 Å². The minimum atomic E-state index is 0.714. The summed E-state index contributed by atoms with van der Waals surface area (Å²) in [5, 5.41) is 3.61. The summed E-state index contributed by atoms with van der Waals surface area (Å²) in [6.45, 7) is 7.93. The van der Waals surface area contributed by atoms with Gasteiger partial charge >= 0.3 is 0 Å². The van der Waals surface area contributed by atoms with Gasteiger partial charge < -0.3 is 5.32 Å². The molecule has 0 heterocycles. The van der Waals surface area contributed by atoms with Crippen molar-refractivity contribution in [1.29, 1.82) is 0 Å². The molecule has 0 saturated carbocycles. The number of hydrogen-bond acceptors (Lipinski definition) is 1. The maximum Gasteiger partial charge on any atom is 0.00693 e. The number of benzene rings is 1. The molecule has 1 rings (SSSR count). The van der Waals surface area contributed by atoms with Crippen LogP contribution in [0, 0.1) is 5.92 Å². The Bertz CT molecular complexity index is 292. The van der Waals surface area contributed by atoms with Gasteiger partial charge in [0.05, 0.1) is 0 Å². The second-order valence-electron chi connectivity index (χ2n) is 5.62. The molecule has 1 aromatic rings. The summed E-state index contributed by atoms with van der Waals surface area (Å²) in [5.41, 5.74) is 1.47. The van der Waals surface area contributed by atoms with Crippen LogP contribution >= 0.6 is 0 Å². The van der Waals surface area contributed by atoms with E-state index in [1.165, 1.54) is 37.7 Å². The van der Waals surface area contributed by atoms with Gasteiger partial charge in [0.2, 0.25) is 0 Å². The maximum absolute atomic E-state index is 3.61. The van der Waals surface area contributed by atoms with E-state index < -0.39 is 0 Å². The highest BCUT2D eigenvalue weighted by Crippen LogP contribution is 2.13. The van der Waals surface area contributed by atoms with Gasteiger partial charge in [-0.3, -0.25) is 0 Å². The molecule has 1 nitrogen and oxygen atoms in total. The van der Waals surface area contributed by atoms with Crippen molar-refractivity contribution < 1.29 is 0 Å². The summed E-state index contributed by atoms with van der Waals surface area (Å²) in [6, 6.07) is 11.5. The molecule has 0 saturated heterocycles. The van der Waals surface area contributed by atoms with Crippen LogP contribution in [0.2, 0.25) is 0 Å². The van der Waals surface area contributed by atoms with E-state index in [0.717, 1.165) is 12.5 Å². The largest absolute Gasteiger partial charge is 0.314 e. The molecule has 1 aromatic carbocycles. The third-order valence-electron chi connectivity index (χ3n) is 3.36. The van der Waals surface area contributed by atoms with Crippen molar-refractivity contribution in [3.63, 3.8) is 0 Å². The Hall–Kier alpha value is -0.820. The Morgan fingerprint density at radius 3 is 2.39 bits per heavy atom. The van der Waals surface area contributed by atoms with Gasteiger partial charge in [-0.25, -0.2) is 0 Å². The van der Waals surface area contributed by atoms with Crippen LogP contribution in [0.15, 0.2) is 30.3 Å². The first kappa shape index (κ1) is 15.2. The van der Waals surface area contributed by atoms with E-state index in [9.17, 15) is 0 Å². The summed E-state index contributed by atoms with van der Waals surface area (Å²) in [4.78, 5) is 0. The van der Waals surface area contributed by atoms with Gasteiger partial charge in [-0.05, 0) is 43.7 Å². The van der Waals surface area contributed by atoms with E-state index >= 15 is 0 Å². The van der Waals surface area contributed by atoms with Gasteiger partial charge in [-0.2, -0.15) is 0 Å². The standard InChI is InChI=1S/C17H29N/c1-4-18-17(14-15(2)3)13-9-8-12-16-10-6-5-7-11-16/h5-7,10-11,15,17-18H,4,8-9,12-14H2,1-3H3. The van der Waals surface area contributed by atoms with Gasteiger partial charge in [-0.1, -0.05) is 57.5 Å². The molecule has 0 radical (unpaired) electrons. The Morgan fingerprint density at radius 1 is 1.06 bits per heavy atom. The highest BCUT2D eigenvalue weighted by molar-refractivity contribution is 5.14. The Morgan fingerprint density at radius 2 is 1.78 bits per heavy atom. The van der Waals surface area contributed by atoms with E-state index in [4.69, 9.17) is 0 Å². The first-order valence-corrected chi connectivity index (χ1v) is 7.49. The lowest BCUT2D eigenvalue weighted by molar-refractivity contribution is 0.394. The van der Waals surface area contributed by atoms with Gasteiger partial charge in [0.1, 0.15) is 0 Å². The van der Waals surface area contributed by atoms with E-state index in [-0.39, 0.29) is 0 Å². The van der Waals surface area contributed by atoms with Crippen molar-refractivity contribution in [3.05, 3.63) is 35.9 Å². The zero-order valence-corrected chi connectivity index (χ0v) is 12.3. The molecule has 102 valence electrons. The molecule has 1 heteroatoms. The number of rotatable bonds is 9. The van der Waals surface area contributed by atoms with Gasteiger partial charge in [0.15, 0.2) is 0 Å². The fourth-order valence-electron chi connectivity index (χ4n) is 2.53. The molecular weight excluding hydrogens is 218 g/mol. The molecule has 0 aromatic heterocycles. The van der Waals surface area contributed by atoms with Crippen LogP contribution < -0.4 is 5.32 Å². The molecule has 0 spiro atoms. The first-order chi connectivity index (χ1) is 8.72. The van der Waals surface area contributed by atoms with E-state index in [2.05, 4.69) is 56.4 Å². The van der Waals surface area contributed by atoms with Crippen LogP contribution in [0.3, 0.4) is 0 Å². The van der Waals surface area contributed by atoms with Crippen molar-refractivity contribution in [2.75, 3.05) is 6.54 Å². The van der Waals surface area contributed by atoms with E-state index in [1.54, 1.807) is 0 Å². The van der Waals surface area contributed by atoms with E-state index in [1.807, 2.05) is 0 Å². The zero-order valence-electron chi connectivity index (χ0n) is 12.3. The molecule has 1 N–H and O–H groups in total. The fourth-order valence-corrected chi connectivity index (χ4v) is 2.53. The Labute approximate surface area is 113 Å². The average molecular weight is 247 g/mol. The van der Waals surface area contributed by atoms with Crippen LogP contribution in [-0.2, 0) is 6.42 Å². The van der Waals surface area contributed by atoms with Crippen LogP contribution in [0.4, 0.5) is 0 Å². The number of hydrogen-bond donors (Lipinski definition) is 1. The van der Waals surface area contributed by atoms with Crippen LogP contribution in [0.1, 0.15) is 52.0 Å². The van der Waals surface area contributed by atoms with Crippen molar-refractivity contribution in [2.45, 2.75) is 58.9 Å². The first-order valence-electron chi connectivity index (χ1n) is 7.49. The lowest BCUT2D eigenvalue weighted by atomic mass is 9.97. The highest BCUT2D eigenvalue weighted by Gasteiger charge is 2.08. The van der Waals surface area contributed by atoms with Gasteiger partial charge in [0, 0.05) is 6.04 Å². The second-order valence-corrected chi connectivity index (χ2v) is 5.62. The molecule has 1 atom stereocenters. The topological polar surface area (TPSA) is 12.0 Å². The third kappa shape index (κ3) is 6.80. The molecule has 18 heavy (non-hydrogen) atoms. The molecule has 0 bridgehead atoms. The van der Waals surface area contributed by atoms with Crippen molar-refractivity contribution in [3.8, 4) is 0 Å². The van der Waals surface area contributed by atoms with Gasteiger partial charge in [0.25, 0.3) is 0 Å². The molecule has 0 aliphatic carbocycles. The van der Waals surface area contributed by atoms with E-state index in [0.29, 0.717) is 6.04 Å². The average Bonchev–Trinajstić information content (AvgIpc) is 2.35. The van der Waals surface area contributed by atoms with Gasteiger partial charge in [-0.15, -0.1) is 0 Å². The van der Waals surface area contributed by atoms with Crippen LogP contribution in [-0.4, -0.2) is 12.6 Å². The predicted octanol–water partition coefficient (Wildman–Crippen LogP) is 4.42. The lowest BCUT2D eigenvalue weighted by Crippen LogP contribution is -2.30. The summed E-state index contributed by atoms with van der Waals surface area (Å²) in [5.74, 6) is 0.795. The quantitative estimate of drug-likeness (QED) is 0.637. The normalized spacial score (nSPS) is 12.9. The van der Waals surface area contributed by atoms with Crippen molar-refractivity contribution >= 4 is 0 Å². The molecule has 0 amide bonds. The van der Waals surface area contributed by atoms with Crippen LogP contribution in [0.25, 0.3) is 0 Å². The Balaban J connectivity index is 2.18. The summed E-state index contributed by atoms with van der Waals surface area (Å²) in [6.07, 6.45) is 6.49. The predicted molar refractivity (Wildman–Crippen MR) is 80.9 cm³/mol. The summed E-state index contributed by atoms with van der Waals surface area (Å²) in [7, 11) is 0. The fraction of sp³-hybridized carbons (Fsp3) is 0.647.